The standard InChI is InChI=1S/C30H20N4/c1-2-8-22(9-3-1)33-19-17-24-26(33)14-15-28-30(24)23-10-4-5-12-27(23)34(28)29-16-13-21(20-32-29)25-11-6-7-18-31-25/h1-20H. The first-order valence-electron chi connectivity index (χ1n) is 11.3. The lowest BCUT2D eigenvalue weighted by atomic mass is 10.1. The minimum absolute atomic E-state index is 0.896. The van der Waals surface area contributed by atoms with Crippen LogP contribution in [0.2, 0.25) is 0 Å². The number of rotatable bonds is 3. The minimum Gasteiger partial charge on any atom is -0.317 e. The van der Waals surface area contributed by atoms with E-state index in [2.05, 4.69) is 99.2 Å². The molecule has 0 amide bonds. The van der Waals surface area contributed by atoms with Crippen LogP contribution in [-0.2, 0) is 0 Å². The van der Waals surface area contributed by atoms with Crippen LogP contribution in [0, 0.1) is 0 Å². The van der Waals surface area contributed by atoms with E-state index in [0.29, 0.717) is 0 Å². The Bertz CT molecular complexity index is 1780. The van der Waals surface area contributed by atoms with Gasteiger partial charge in [-0.05, 0) is 60.7 Å². The first-order valence-corrected chi connectivity index (χ1v) is 11.3. The second-order valence-corrected chi connectivity index (χ2v) is 8.39. The molecule has 4 aromatic heterocycles. The van der Waals surface area contributed by atoms with Crippen molar-refractivity contribution < 1.29 is 0 Å². The van der Waals surface area contributed by atoms with Crippen molar-refractivity contribution in [3.63, 3.8) is 0 Å². The van der Waals surface area contributed by atoms with Gasteiger partial charge in [0.1, 0.15) is 5.82 Å². The summed E-state index contributed by atoms with van der Waals surface area (Å²) in [5, 5.41) is 3.71. The third kappa shape index (κ3) is 2.79. The number of hydrogen-bond donors (Lipinski definition) is 0. The third-order valence-corrected chi connectivity index (χ3v) is 6.48. The average molecular weight is 437 g/mol. The Morgan fingerprint density at radius 2 is 1.35 bits per heavy atom. The highest BCUT2D eigenvalue weighted by atomic mass is 15.1. The molecule has 7 aromatic rings. The topological polar surface area (TPSA) is 35.6 Å². The summed E-state index contributed by atoms with van der Waals surface area (Å²) in [5.41, 5.74) is 6.58. The van der Waals surface area contributed by atoms with Gasteiger partial charge in [-0.25, -0.2) is 4.98 Å². The molecule has 160 valence electrons. The van der Waals surface area contributed by atoms with Crippen LogP contribution in [0.4, 0.5) is 0 Å². The Morgan fingerprint density at radius 1 is 0.559 bits per heavy atom. The molecule has 4 heteroatoms. The quantitative estimate of drug-likeness (QED) is 0.294. The summed E-state index contributed by atoms with van der Waals surface area (Å²) in [6.07, 6.45) is 5.87. The van der Waals surface area contributed by atoms with E-state index in [9.17, 15) is 0 Å². The van der Waals surface area contributed by atoms with Gasteiger partial charge in [0.25, 0.3) is 0 Å². The molecule has 0 aliphatic rings. The lowest BCUT2D eigenvalue weighted by Crippen LogP contribution is -1.97. The van der Waals surface area contributed by atoms with E-state index in [1.54, 1.807) is 0 Å². The highest BCUT2D eigenvalue weighted by molar-refractivity contribution is 6.21. The summed E-state index contributed by atoms with van der Waals surface area (Å²) in [7, 11) is 0. The summed E-state index contributed by atoms with van der Waals surface area (Å²) in [4.78, 5) is 9.30. The van der Waals surface area contributed by atoms with Crippen LogP contribution in [0.3, 0.4) is 0 Å². The maximum Gasteiger partial charge on any atom is 0.137 e. The molecule has 0 atom stereocenters. The first-order chi connectivity index (χ1) is 16.9. The minimum atomic E-state index is 0.896. The molecule has 0 aliphatic heterocycles. The van der Waals surface area contributed by atoms with Gasteiger partial charge in [0.05, 0.1) is 22.2 Å². The Hall–Kier alpha value is -4.70. The predicted molar refractivity (Wildman–Crippen MR) is 139 cm³/mol. The molecule has 0 N–H and O–H groups in total. The van der Waals surface area contributed by atoms with E-state index >= 15 is 0 Å². The smallest absolute Gasteiger partial charge is 0.137 e. The van der Waals surface area contributed by atoms with Gasteiger partial charge in [0.15, 0.2) is 0 Å². The van der Waals surface area contributed by atoms with E-state index in [0.717, 1.165) is 33.8 Å². The molecule has 0 saturated carbocycles. The Labute approximate surface area is 196 Å². The molecule has 3 aromatic carbocycles. The van der Waals surface area contributed by atoms with E-state index in [4.69, 9.17) is 4.98 Å². The monoisotopic (exact) mass is 436 g/mol. The van der Waals surface area contributed by atoms with Gasteiger partial charge in [0.2, 0.25) is 0 Å². The lowest BCUT2D eigenvalue weighted by Gasteiger charge is -2.09. The predicted octanol–water partition coefficient (Wildman–Crippen LogP) is 7.18. The zero-order valence-corrected chi connectivity index (χ0v) is 18.3. The van der Waals surface area contributed by atoms with Crippen molar-refractivity contribution in [2.24, 2.45) is 0 Å². The number of benzene rings is 3. The van der Waals surface area contributed by atoms with Crippen molar-refractivity contribution in [2.75, 3.05) is 0 Å². The zero-order valence-electron chi connectivity index (χ0n) is 18.3. The van der Waals surface area contributed by atoms with Gasteiger partial charge >= 0.3 is 0 Å². The third-order valence-electron chi connectivity index (χ3n) is 6.48. The van der Waals surface area contributed by atoms with Gasteiger partial charge < -0.3 is 4.57 Å². The fourth-order valence-corrected chi connectivity index (χ4v) is 4.95. The molecular formula is C30H20N4. The van der Waals surface area contributed by atoms with Crippen LogP contribution in [0.15, 0.2) is 122 Å². The van der Waals surface area contributed by atoms with Crippen molar-refractivity contribution in [3.05, 3.63) is 122 Å². The Morgan fingerprint density at radius 3 is 2.18 bits per heavy atom. The maximum absolute atomic E-state index is 4.85. The molecule has 4 heterocycles. The number of para-hydroxylation sites is 2. The fraction of sp³-hybridized carbons (Fsp3) is 0. The zero-order chi connectivity index (χ0) is 22.5. The van der Waals surface area contributed by atoms with E-state index in [-0.39, 0.29) is 0 Å². The van der Waals surface area contributed by atoms with Gasteiger partial charge in [-0.15, -0.1) is 0 Å². The summed E-state index contributed by atoms with van der Waals surface area (Å²) in [6.45, 7) is 0. The molecule has 34 heavy (non-hydrogen) atoms. The van der Waals surface area contributed by atoms with E-state index in [1.807, 2.05) is 36.7 Å². The lowest BCUT2D eigenvalue weighted by molar-refractivity contribution is 1.08. The largest absolute Gasteiger partial charge is 0.317 e. The number of fused-ring (bicyclic) bond motifs is 5. The molecular weight excluding hydrogens is 416 g/mol. The van der Waals surface area contributed by atoms with Crippen LogP contribution < -0.4 is 0 Å². The molecule has 7 rings (SSSR count). The average Bonchev–Trinajstić information content (AvgIpc) is 3.49. The number of aromatic nitrogens is 4. The van der Waals surface area contributed by atoms with Crippen LogP contribution in [-0.4, -0.2) is 19.1 Å². The Kier molecular flexibility index (Phi) is 4.11. The Balaban J connectivity index is 1.47. The van der Waals surface area contributed by atoms with Crippen molar-refractivity contribution in [1.82, 2.24) is 19.1 Å². The summed E-state index contributed by atoms with van der Waals surface area (Å²) in [6, 6.07) is 35.8. The normalized spacial score (nSPS) is 11.5. The van der Waals surface area contributed by atoms with Crippen LogP contribution in [0.5, 0.6) is 0 Å². The van der Waals surface area contributed by atoms with Crippen molar-refractivity contribution >= 4 is 32.7 Å². The number of hydrogen-bond acceptors (Lipinski definition) is 2. The van der Waals surface area contributed by atoms with Gasteiger partial charge in [-0.2, -0.15) is 0 Å². The van der Waals surface area contributed by atoms with Gasteiger partial charge in [-0.3, -0.25) is 9.55 Å². The second-order valence-electron chi connectivity index (χ2n) is 8.39. The highest BCUT2D eigenvalue weighted by Crippen LogP contribution is 2.37. The van der Waals surface area contributed by atoms with Crippen molar-refractivity contribution in [3.8, 4) is 22.8 Å². The second kappa shape index (κ2) is 7.42. The number of pyridine rings is 2. The molecule has 0 fully saturated rings. The number of nitrogens with zero attached hydrogens (tertiary/aromatic N) is 4. The molecule has 0 spiro atoms. The molecule has 0 radical (unpaired) electrons. The van der Waals surface area contributed by atoms with Gasteiger partial charge in [-0.1, -0.05) is 42.5 Å². The van der Waals surface area contributed by atoms with Crippen molar-refractivity contribution in [2.45, 2.75) is 0 Å². The summed E-state index contributed by atoms with van der Waals surface area (Å²) < 4.78 is 4.51. The first kappa shape index (κ1) is 18.8. The summed E-state index contributed by atoms with van der Waals surface area (Å²) in [5.74, 6) is 0.896. The highest BCUT2D eigenvalue weighted by Gasteiger charge is 2.17. The SMILES string of the molecule is c1ccc(-n2ccc3c4c5ccccc5n(-c5ccc(-c6ccccn6)cn5)c4ccc32)cc1. The van der Waals surface area contributed by atoms with Crippen LogP contribution >= 0.6 is 0 Å². The molecule has 0 aliphatic carbocycles. The van der Waals surface area contributed by atoms with Crippen LogP contribution in [0.1, 0.15) is 0 Å². The molecule has 0 saturated heterocycles. The maximum atomic E-state index is 4.85. The van der Waals surface area contributed by atoms with E-state index in [1.165, 1.54) is 21.7 Å². The van der Waals surface area contributed by atoms with Crippen LogP contribution in [0.25, 0.3) is 55.5 Å². The van der Waals surface area contributed by atoms with Crippen molar-refractivity contribution in [1.29, 1.82) is 0 Å². The van der Waals surface area contributed by atoms with E-state index < -0.39 is 0 Å². The molecule has 0 bridgehead atoms. The molecule has 0 unspecified atom stereocenters. The summed E-state index contributed by atoms with van der Waals surface area (Å²) >= 11 is 0. The molecule has 4 nitrogen and oxygen atoms in total. The fourth-order valence-electron chi connectivity index (χ4n) is 4.95. The van der Waals surface area contributed by atoms with Gasteiger partial charge in [0, 0.05) is 46.0 Å².